The topological polar surface area (TPSA) is 67.2 Å². The summed E-state index contributed by atoms with van der Waals surface area (Å²) in [7, 11) is 1.87. The van der Waals surface area contributed by atoms with Crippen LogP contribution in [-0.4, -0.2) is 39.6 Å². The van der Waals surface area contributed by atoms with Crippen molar-refractivity contribution in [1.82, 2.24) is 14.7 Å². The molecular formula is C16H22N4O2. The van der Waals surface area contributed by atoms with Crippen molar-refractivity contribution in [2.45, 2.75) is 32.1 Å². The second kappa shape index (κ2) is 5.94. The van der Waals surface area contributed by atoms with Crippen molar-refractivity contribution in [2.75, 3.05) is 18.4 Å². The SMILES string of the molecule is C=CC(=O)N1CCC(C(=O)Nc2c3c(nn2C)CCC3)CC1. The van der Waals surface area contributed by atoms with Crippen molar-refractivity contribution >= 4 is 17.6 Å². The summed E-state index contributed by atoms with van der Waals surface area (Å²) >= 11 is 0. The van der Waals surface area contributed by atoms with Gasteiger partial charge in [0.15, 0.2) is 0 Å². The summed E-state index contributed by atoms with van der Waals surface area (Å²) in [6.07, 6.45) is 5.84. The van der Waals surface area contributed by atoms with E-state index in [0.717, 1.165) is 30.8 Å². The molecule has 2 aliphatic rings. The molecule has 1 N–H and O–H groups in total. The van der Waals surface area contributed by atoms with Crippen molar-refractivity contribution in [1.29, 1.82) is 0 Å². The van der Waals surface area contributed by atoms with Gasteiger partial charge in [-0.15, -0.1) is 0 Å². The zero-order valence-electron chi connectivity index (χ0n) is 13.0. The number of hydrogen-bond donors (Lipinski definition) is 1. The lowest BCUT2D eigenvalue weighted by molar-refractivity contribution is -0.130. The largest absolute Gasteiger partial charge is 0.339 e. The smallest absolute Gasteiger partial charge is 0.245 e. The number of fused-ring (bicyclic) bond motifs is 1. The predicted octanol–water partition coefficient (Wildman–Crippen LogP) is 1.27. The van der Waals surface area contributed by atoms with Crippen LogP contribution in [0.4, 0.5) is 5.82 Å². The second-order valence-corrected chi connectivity index (χ2v) is 6.04. The first-order valence-corrected chi connectivity index (χ1v) is 7.87. The Kier molecular flexibility index (Phi) is 4.00. The van der Waals surface area contributed by atoms with Gasteiger partial charge in [0.1, 0.15) is 5.82 Å². The van der Waals surface area contributed by atoms with Crippen molar-refractivity contribution < 1.29 is 9.59 Å². The predicted molar refractivity (Wildman–Crippen MR) is 83.4 cm³/mol. The molecule has 6 nitrogen and oxygen atoms in total. The van der Waals surface area contributed by atoms with E-state index in [1.165, 1.54) is 11.6 Å². The van der Waals surface area contributed by atoms with Gasteiger partial charge in [0.05, 0.1) is 5.69 Å². The van der Waals surface area contributed by atoms with Gasteiger partial charge in [0, 0.05) is 31.6 Å². The highest BCUT2D eigenvalue weighted by Crippen LogP contribution is 2.29. The van der Waals surface area contributed by atoms with Crippen molar-refractivity contribution in [3.8, 4) is 0 Å². The standard InChI is InChI=1S/C16H22N4O2/c1-3-14(21)20-9-7-11(8-10-20)16(22)17-15-12-5-4-6-13(12)18-19(15)2/h3,11H,1,4-10H2,2H3,(H,17,22). The fraction of sp³-hybridized carbons (Fsp3) is 0.562. The van der Waals surface area contributed by atoms with Gasteiger partial charge in [-0.1, -0.05) is 6.58 Å². The van der Waals surface area contributed by atoms with E-state index in [1.54, 1.807) is 9.58 Å². The number of piperidine rings is 1. The molecule has 22 heavy (non-hydrogen) atoms. The zero-order chi connectivity index (χ0) is 15.7. The van der Waals surface area contributed by atoms with Gasteiger partial charge >= 0.3 is 0 Å². The molecule has 1 aromatic heterocycles. The highest BCUT2D eigenvalue weighted by molar-refractivity contribution is 5.93. The Bertz CT molecular complexity index is 612. The Balaban J connectivity index is 1.62. The van der Waals surface area contributed by atoms with Crippen molar-refractivity contribution in [2.24, 2.45) is 13.0 Å². The van der Waals surface area contributed by atoms with Gasteiger partial charge in [-0.2, -0.15) is 5.10 Å². The fourth-order valence-electron chi connectivity index (χ4n) is 3.39. The molecule has 2 amide bonds. The normalized spacial score (nSPS) is 18.1. The Labute approximate surface area is 130 Å². The highest BCUT2D eigenvalue weighted by Gasteiger charge is 2.28. The molecule has 0 spiro atoms. The number of nitrogens with zero attached hydrogens (tertiary/aromatic N) is 3. The summed E-state index contributed by atoms with van der Waals surface area (Å²) in [6.45, 7) is 4.74. The third-order valence-corrected chi connectivity index (χ3v) is 4.66. The average molecular weight is 302 g/mol. The fourth-order valence-corrected chi connectivity index (χ4v) is 3.39. The van der Waals surface area contributed by atoms with Crippen LogP contribution in [0, 0.1) is 5.92 Å². The Morgan fingerprint density at radius 2 is 2.05 bits per heavy atom. The number of aromatic nitrogens is 2. The average Bonchev–Trinajstić information content (AvgIpc) is 3.09. The first-order chi connectivity index (χ1) is 10.6. The van der Waals surface area contributed by atoms with E-state index >= 15 is 0 Å². The number of amides is 2. The van der Waals surface area contributed by atoms with Crippen LogP contribution in [-0.2, 0) is 29.5 Å². The Hall–Kier alpha value is -2.11. The van der Waals surface area contributed by atoms with E-state index in [0.29, 0.717) is 25.9 Å². The lowest BCUT2D eigenvalue weighted by atomic mass is 9.96. The molecule has 0 radical (unpaired) electrons. The van der Waals surface area contributed by atoms with Gasteiger partial charge in [-0.25, -0.2) is 0 Å². The molecule has 1 aromatic rings. The summed E-state index contributed by atoms with van der Waals surface area (Å²) < 4.78 is 1.78. The molecule has 2 heterocycles. The maximum absolute atomic E-state index is 12.5. The molecule has 118 valence electrons. The molecule has 1 aliphatic heterocycles. The van der Waals surface area contributed by atoms with Gasteiger partial charge < -0.3 is 10.2 Å². The molecule has 0 saturated carbocycles. The molecule has 1 fully saturated rings. The number of anilines is 1. The van der Waals surface area contributed by atoms with Crippen LogP contribution in [0.15, 0.2) is 12.7 Å². The van der Waals surface area contributed by atoms with Gasteiger partial charge in [-0.05, 0) is 38.2 Å². The van der Waals surface area contributed by atoms with Crippen molar-refractivity contribution in [3.05, 3.63) is 23.9 Å². The van der Waals surface area contributed by atoms with Gasteiger partial charge in [0.25, 0.3) is 0 Å². The van der Waals surface area contributed by atoms with Crippen LogP contribution in [0.1, 0.15) is 30.5 Å². The van der Waals surface area contributed by atoms with Gasteiger partial charge in [-0.3, -0.25) is 14.3 Å². The highest BCUT2D eigenvalue weighted by atomic mass is 16.2. The summed E-state index contributed by atoms with van der Waals surface area (Å²) in [4.78, 5) is 25.8. The summed E-state index contributed by atoms with van der Waals surface area (Å²) in [5.41, 5.74) is 2.30. The van der Waals surface area contributed by atoms with Crippen LogP contribution < -0.4 is 5.32 Å². The first-order valence-electron chi connectivity index (χ1n) is 7.87. The maximum atomic E-state index is 12.5. The minimum atomic E-state index is -0.0525. The van der Waals surface area contributed by atoms with E-state index in [-0.39, 0.29) is 17.7 Å². The maximum Gasteiger partial charge on any atom is 0.245 e. The molecule has 1 saturated heterocycles. The Morgan fingerprint density at radius 3 is 2.73 bits per heavy atom. The van der Waals surface area contributed by atoms with E-state index in [1.807, 2.05) is 7.05 Å². The van der Waals surface area contributed by atoms with E-state index in [2.05, 4.69) is 17.0 Å². The number of hydrogen-bond acceptors (Lipinski definition) is 3. The molecule has 0 atom stereocenters. The number of carbonyl (C=O) groups is 2. The number of rotatable bonds is 3. The van der Waals surface area contributed by atoms with E-state index in [4.69, 9.17) is 0 Å². The second-order valence-electron chi connectivity index (χ2n) is 6.04. The third kappa shape index (κ3) is 2.65. The van der Waals surface area contributed by atoms with Crippen LogP contribution in [0.5, 0.6) is 0 Å². The van der Waals surface area contributed by atoms with Crippen LogP contribution in [0.3, 0.4) is 0 Å². The number of nitrogens with one attached hydrogen (secondary N) is 1. The first kappa shape index (κ1) is 14.8. The summed E-state index contributed by atoms with van der Waals surface area (Å²) in [6, 6.07) is 0. The molecule has 0 aromatic carbocycles. The van der Waals surface area contributed by atoms with Gasteiger partial charge in [0.2, 0.25) is 11.8 Å². The number of carbonyl (C=O) groups excluding carboxylic acids is 2. The molecule has 0 unspecified atom stereocenters. The third-order valence-electron chi connectivity index (χ3n) is 4.66. The molecule has 1 aliphatic carbocycles. The summed E-state index contributed by atoms with van der Waals surface area (Å²) in [5.74, 6) is 0.801. The van der Waals surface area contributed by atoms with Crippen molar-refractivity contribution in [3.63, 3.8) is 0 Å². The summed E-state index contributed by atoms with van der Waals surface area (Å²) in [5, 5.41) is 7.53. The molecular weight excluding hydrogens is 280 g/mol. The minimum Gasteiger partial charge on any atom is -0.339 e. The lowest BCUT2D eigenvalue weighted by Crippen LogP contribution is -2.40. The zero-order valence-corrected chi connectivity index (χ0v) is 13.0. The monoisotopic (exact) mass is 302 g/mol. The molecule has 0 bridgehead atoms. The number of likely N-dealkylation sites (tertiary alicyclic amines) is 1. The lowest BCUT2D eigenvalue weighted by Gasteiger charge is -2.30. The minimum absolute atomic E-state index is 0.0409. The molecule has 3 rings (SSSR count). The Morgan fingerprint density at radius 1 is 1.32 bits per heavy atom. The van der Waals surface area contributed by atoms with Crippen LogP contribution >= 0.6 is 0 Å². The molecule has 6 heteroatoms. The number of aryl methyl sites for hydroxylation is 2. The van der Waals surface area contributed by atoms with E-state index < -0.39 is 0 Å². The van der Waals surface area contributed by atoms with Crippen LogP contribution in [0.25, 0.3) is 0 Å². The van der Waals surface area contributed by atoms with Crippen LogP contribution in [0.2, 0.25) is 0 Å². The quantitative estimate of drug-likeness (QED) is 0.855. The van der Waals surface area contributed by atoms with E-state index in [9.17, 15) is 9.59 Å².